The van der Waals surface area contributed by atoms with Gasteiger partial charge in [-0.25, -0.2) is 0 Å². The Hall–Kier alpha value is -2.08. The van der Waals surface area contributed by atoms with Gasteiger partial charge < -0.3 is 25.0 Å². The number of hydrogen-bond donors (Lipinski definition) is 2. The maximum atomic E-state index is 6.19. The molecule has 0 radical (unpaired) electrons. The summed E-state index contributed by atoms with van der Waals surface area (Å²) in [5.41, 5.74) is 4.46. The van der Waals surface area contributed by atoms with Gasteiger partial charge in [0.05, 0.1) is 12.7 Å². The van der Waals surface area contributed by atoms with Gasteiger partial charge in [-0.15, -0.1) is 0 Å². The third kappa shape index (κ3) is 12.3. The van der Waals surface area contributed by atoms with E-state index in [4.69, 9.17) is 9.47 Å². The van der Waals surface area contributed by atoms with Gasteiger partial charge in [-0.05, 0) is 107 Å². The van der Waals surface area contributed by atoms with E-state index in [1.54, 1.807) is 0 Å². The Morgan fingerprint density at radius 3 is 2.12 bits per heavy atom. The SMILES string of the molecule is CC(NC(C)(C)CC(C)(C)Cc1ccc(OCCNC(C)(C)C)cc1)c1ccc(N2CC[C@H](OCC(C)(C)C)C2)cc1. The lowest BCUT2D eigenvalue weighted by atomic mass is 9.75. The smallest absolute Gasteiger partial charge is 0.119 e. The van der Waals surface area contributed by atoms with Gasteiger partial charge in [0.25, 0.3) is 0 Å². The fourth-order valence-corrected chi connectivity index (χ4v) is 6.27. The number of nitrogens with zero attached hydrogens (tertiary/aromatic N) is 1. The molecule has 0 amide bonds. The number of hydrogen-bond acceptors (Lipinski definition) is 5. The fourth-order valence-electron chi connectivity index (χ4n) is 6.27. The van der Waals surface area contributed by atoms with E-state index < -0.39 is 0 Å². The Morgan fingerprint density at radius 2 is 1.52 bits per heavy atom. The summed E-state index contributed by atoms with van der Waals surface area (Å²) in [5, 5.41) is 7.40. The molecule has 2 aromatic carbocycles. The third-order valence-electron chi connectivity index (χ3n) is 7.82. The minimum atomic E-state index is -0.00272. The van der Waals surface area contributed by atoms with Crippen LogP contribution in [0.25, 0.3) is 0 Å². The van der Waals surface area contributed by atoms with Gasteiger partial charge in [0.15, 0.2) is 0 Å². The monoisotopic (exact) mass is 579 g/mol. The summed E-state index contributed by atoms with van der Waals surface area (Å²) in [5.74, 6) is 0.938. The number of ether oxygens (including phenoxy) is 2. The molecular formula is C37H61N3O2. The maximum absolute atomic E-state index is 6.19. The van der Waals surface area contributed by atoms with Crippen LogP contribution in [0.3, 0.4) is 0 Å². The van der Waals surface area contributed by atoms with E-state index in [0.717, 1.165) is 51.3 Å². The number of anilines is 1. The standard InChI is InChI=1S/C37H61N3O2/c1-28(30-14-16-31(17-15-30)40-22-20-33(25-40)42-27-34(2,3)4)39-37(10,11)26-36(8,9)24-29-12-18-32(19-13-29)41-23-21-38-35(5,6)7/h12-19,28,33,38-39H,20-27H2,1-11H3/t28?,33-/m0/s1. The van der Waals surface area contributed by atoms with Crippen LogP contribution in [0, 0.1) is 10.8 Å². The summed E-state index contributed by atoms with van der Waals surface area (Å²) >= 11 is 0. The topological polar surface area (TPSA) is 45.8 Å². The second-order valence-electron chi connectivity index (χ2n) is 16.3. The van der Waals surface area contributed by atoms with Gasteiger partial charge in [0, 0.05) is 42.4 Å². The molecule has 0 bridgehead atoms. The maximum Gasteiger partial charge on any atom is 0.119 e. The predicted octanol–water partition coefficient (Wildman–Crippen LogP) is 8.18. The first-order valence-corrected chi connectivity index (χ1v) is 16.1. The molecule has 1 fully saturated rings. The molecule has 5 nitrogen and oxygen atoms in total. The Labute approximate surface area is 258 Å². The molecule has 42 heavy (non-hydrogen) atoms. The van der Waals surface area contributed by atoms with Crippen molar-refractivity contribution < 1.29 is 9.47 Å². The summed E-state index contributed by atoms with van der Waals surface area (Å²) in [4.78, 5) is 2.46. The van der Waals surface area contributed by atoms with E-state index in [0.29, 0.717) is 12.7 Å². The highest BCUT2D eigenvalue weighted by Gasteiger charge is 2.30. The quantitative estimate of drug-likeness (QED) is 0.221. The van der Waals surface area contributed by atoms with Gasteiger partial charge >= 0.3 is 0 Å². The van der Waals surface area contributed by atoms with Crippen LogP contribution in [-0.2, 0) is 11.2 Å². The van der Waals surface area contributed by atoms with E-state index in [1.807, 2.05) is 0 Å². The van der Waals surface area contributed by atoms with Crippen LogP contribution in [0.1, 0.15) is 106 Å². The molecule has 2 atom stereocenters. The zero-order valence-electron chi connectivity index (χ0n) is 28.7. The molecule has 2 N–H and O–H groups in total. The Kier molecular flexibility index (Phi) is 11.6. The first-order chi connectivity index (χ1) is 19.4. The van der Waals surface area contributed by atoms with E-state index in [9.17, 15) is 0 Å². The third-order valence-corrected chi connectivity index (χ3v) is 7.82. The van der Waals surface area contributed by atoms with Crippen molar-refractivity contribution in [3.05, 3.63) is 59.7 Å². The van der Waals surface area contributed by atoms with Crippen LogP contribution in [0.5, 0.6) is 5.75 Å². The normalized spacial score (nSPS) is 17.5. The molecule has 0 aromatic heterocycles. The minimum absolute atomic E-state index is 0.00272. The molecule has 1 unspecified atom stereocenters. The molecule has 3 rings (SSSR count). The van der Waals surface area contributed by atoms with Crippen molar-refractivity contribution >= 4 is 5.69 Å². The average molecular weight is 580 g/mol. The second kappa shape index (κ2) is 14.1. The van der Waals surface area contributed by atoms with Gasteiger partial charge in [0.2, 0.25) is 0 Å². The molecule has 1 aliphatic heterocycles. The highest BCUT2D eigenvalue weighted by atomic mass is 16.5. The molecule has 0 saturated carbocycles. The summed E-state index contributed by atoms with van der Waals surface area (Å²) < 4.78 is 12.1. The predicted molar refractivity (Wildman–Crippen MR) is 180 cm³/mol. The van der Waals surface area contributed by atoms with Gasteiger partial charge in [-0.2, -0.15) is 0 Å². The van der Waals surface area contributed by atoms with Gasteiger partial charge in [0.1, 0.15) is 12.4 Å². The Morgan fingerprint density at radius 1 is 0.881 bits per heavy atom. The number of nitrogens with one attached hydrogen (secondary N) is 2. The van der Waals surface area contributed by atoms with Crippen molar-refractivity contribution in [3.8, 4) is 5.75 Å². The lowest BCUT2D eigenvalue weighted by Crippen LogP contribution is -2.44. The second-order valence-corrected chi connectivity index (χ2v) is 16.3. The number of benzene rings is 2. The van der Waals surface area contributed by atoms with Crippen molar-refractivity contribution in [2.24, 2.45) is 10.8 Å². The van der Waals surface area contributed by atoms with Crippen LogP contribution in [-0.4, -0.2) is 50.0 Å². The summed E-state index contributed by atoms with van der Waals surface area (Å²) in [7, 11) is 0. The van der Waals surface area contributed by atoms with Crippen molar-refractivity contribution in [3.63, 3.8) is 0 Å². The summed E-state index contributed by atoms with van der Waals surface area (Å²) in [6.45, 7) is 29.3. The van der Waals surface area contributed by atoms with Gasteiger partial charge in [-0.3, -0.25) is 0 Å². The first-order valence-electron chi connectivity index (χ1n) is 16.1. The minimum Gasteiger partial charge on any atom is -0.492 e. The lowest BCUT2D eigenvalue weighted by molar-refractivity contribution is 0.0205. The highest BCUT2D eigenvalue weighted by Crippen LogP contribution is 2.34. The molecule has 0 spiro atoms. The van der Waals surface area contributed by atoms with Crippen molar-refractivity contribution in [1.82, 2.24) is 10.6 Å². The molecule has 1 saturated heterocycles. The van der Waals surface area contributed by atoms with E-state index >= 15 is 0 Å². The molecule has 2 aromatic rings. The van der Waals surface area contributed by atoms with Crippen LogP contribution in [0.2, 0.25) is 0 Å². The zero-order valence-corrected chi connectivity index (χ0v) is 28.7. The molecule has 1 heterocycles. The van der Waals surface area contributed by atoms with Crippen molar-refractivity contribution in [1.29, 1.82) is 0 Å². The van der Waals surface area contributed by atoms with Crippen LogP contribution >= 0.6 is 0 Å². The van der Waals surface area contributed by atoms with E-state index in [1.165, 1.54) is 16.8 Å². The molecule has 1 aliphatic rings. The highest BCUT2D eigenvalue weighted by molar-refractivity contribution is 5.49. The van der Waals surface area contributed by atoms with Gasteiger partial charge in [-0.1, -0.05) is 58.9 Å². The molecule has 0 aliphatic carbocycles. The van der Waals surface area contributed by atoms with Crippen molar-refractivity contribution in [2.75, 3.05) is 37.7 Å². The molecule has 5 heteroatoms. The average Bonchev–Trinajstić information content (AvgIpc) is 3.33. The van der Waals surface area contributed by atoms with Crippen LogP contribution in [0.4, 0.5) is 5.69 Å². The van der Waals surface area contributed by atoms with E-state index in [2.05, 4.69) is 140 Å². The Balaban J connectivity index is 1.47. The summed E-state index contributed by atoms with van der Waals surface area (Å²) in [6.07, 6.45) is 3.54. The van der Waals surface area contributed by atoms with Crippen molar-refractivity contribution in [2.45, 2.75) is 119 Å². The molecular weight excluding hydrogens is 518 g/mol. The number of rotatable bonds is 14. The molecule has 236 valence electrons. The lowest BCUT2D eigenvalue weighted by Gasteiger charge is -2.38. The van der Waals surface area contributed by atoms with Crippen LogP contribution in [0.15, 0.2) is 48.5 Å². The fraction of sp³-hybridized carbons (Fsp3) is 0.676. The largest absolute Gasteiger partial charge is 0.492 e. The summed E-state index contributed by atoms with van der Waals surface area (Å²) in [6, 6.07) is 18.1. The first kappa shape index (κ1) is 34.4. The van der Waals surface area contributed by atoms with Crippen LogP contribution < -0.4 is 20.3 Å². The Bertz CT molecular complexity index is 1080. The van der Waals surface area contributed by atoms with E-state index in [-0.39, 0.29) is 27.9 Å². The zero-order chi connectivity index (χ0) is 31.2.